The minimum atomic E-state index is -1.64. The van der Waals surface area contributed by atoms with Crippen molar-refractivity contribution in [3.8, 4) is 22.6 Å². The number of aliphatic hydroxyl groups is 1. The molecule has 1 N–H and O–H groups in total. The Hall–Kier alpha value is -3.16. The molecule has 0 radical (unpaired) electrons. The van der Waals surface area contributed by atoms with Crippen molar-refractivity contribution in [3.63, 3.8) is 0 Å². The van der Waals surface area contributed by atoms with E-state index in [-0.39, 0.29) is 22.6 Å². The second-order valence-electron chi connectivity index (χ2n) is 6.19. The monoisotopic (exact) mass is 416 g/mol. The van der Waals surface area contributed by atoms with Gasteiger partial charge in [0.15, 0.2) is 23.2 Å². The normalized spacial score (nSPS) is 12.2. The first-order valence-electron chi connectivity index (χ1n) is 8.44. The molecule has 1 unspecified atom stereocenters. The van der Waals surface area contributed by atoms with Crippen molar-refractivity contribution >= 4 is 11.6 Å². The van der Waals surface area contributed by atoms with Crippen LogP contribution in [0.25, 0.3) is 22.6 Å². The van der Waals surface area contributed by atoms with E-state index < -0.39 is 23.6 Å². The molecule has 0 bridgehead atoms. The van der Waals surface area contributed by atoms with Crippen LogP contribution in [0.5, 0.6) is 0 Å². The van der Waals surface area contributed by atoms with E-state index in [0.29, 0.717) is 16.1 Å². The Bertz CT molecular complexity index is 1160. The largest absolute Gasteiger partial charge is 0.383 e. The highest BCUT2D eigenvalue weighted by atomic mass is 35.5. The fourth-order valence-electron chi connectivity index (χ4n) is 2.97. The first kappa shape index (κ1) is 19.2. The van der Waals surface area contributed by atoms with E-state index in [1.807, 2.05) is 0 Å². The minimum Gasteiger partial charge on any atom is -0.383 e. The molecule has 29 heavy (non-hydrogen) atoms. The predicted octanol–water partition coefficient (Wildman–Crippen LogP) is 5.56. The molecule has 4 aromatic rings. The highest BCUT2D eigenvalue weighted by molar-refractivity contribution is 6.30. The number of hydrogen-bond acceptors (Lipinski definition) is 4. The second-order valence-corrected chi connectivity index (χ2v) is 6.63. The fraction of sp³-hybridized carbons (Fsp3) is 0.0476. The Labute approximate surface area is 168 Å². The summed E-state index contributed by atoms with van der Waals surface area (Å²) in [5.41, 5.74) is 0.489. The number of hydrogen-bond donors (Lipinski definition) is 1. The van der Waals surface area contributed by atoms with Crippen LogP contribution < -0.4 is 0 Å². The van der Waals surface area contributed by atoms with Gasteiger partial charge >= 0.3 is 0 Å². The number of nitrogens with zero attached hydrogens (tertiary/aromatic N) is 2. The van der Waals surface area contributed by atoms with Gasteiger partial charge in [0, 0.05) is 34.1 Å². The van der Waals surface area contributed by atoms with Gasteiger partial charge < -0.3 is 9.63 Å². The molecule has 0 aliphatic rings. The number of aromatic nitrogens is 2. The maximum absolute atomic E-state index is 14.5. The summed E-state index contributed by atoms with van der Waals surface area (Å²) in [6, 6.07) is 11.5. The van der Waals surface area contributed by atoms with E-state index in [2.05, 4.69) is 10.1 Å². The lowest BCUT2D eigenvalue weighted by Gasteiger charge is -2.13. The van der Waals surface area contributed by atoms with Crippen LogP contribution in [0.3, 0.4) is 0 Å². The summed E-state index contributed by atoms with van der Waals surface area (Å²) < 4.78 is 47.0. The lowest BCUT2D eigenvalue weighted by Crippen LogP contribution is -2.04. The number of halogens is 4. The SMILES string of the molecule is OC(c1cccnc1)c1c(-c2ccc(F)c(F)c2F)noc1-c1ccc(Cl)cc1. The van der Waals surface area contributed by atoms with Gasteiger partial charge in [-0.05, 0) is 42.5 Å². The van der Waals surface area contributed by atoms with Gasteiger partial charge in [0.05, 0.1) is 5.56 Å². The molecule has 146 valence electrons. The van der Waals surface area contributed by atoms with Gasteiger partial charge in [-0.25, -0.2) is 13.2 Å². The van der Waals surface area contributed by atoms with Crippen molar-refractivity contribution in [1.82, 2.24) is 10.1 Å². The van der Waals surface area contributed by atoms with Crippen molar-refractivity contribution in [1.29, 1.82) is 0 Å². The number of pyridine rings is 1. The molecular formula is C21H12ClF3N2O2. The molecule has 0 spiro atoms. The number of benzene rings is 2. The molecule has 8 heteroatoms. The minimum absolute atomic E-state index is 0.0882. The van der Waals surface area contributed by atoms with E-state index in [1.54, 1.807) is 36.4 Å². The van der Waals surface area contributed by atoms with Crippen LogP contribution in [0.2, 0.25) is 5.02 Å². The van der Waals surface area contributed by atoms with Gasteiger partial charge in [0.2, 0.25) is 0 Å². The van der Waals surface area contributed by atoms with Crippen molar-refractivity contribution in [2.75, 3.05) is 0 Å². The third-order valence-corrected chi connectivity index (χ3v) is 4.65. The van der Waals surface area contributed by atoms with E-state index in [4.69, 9.17) is 16.1 Å². The molecule has 2 aromatic heterocycles. The number of rotatable bonds is 4. The summed E-state index contributed by atoms with van der Waals surface area (Å²) >= 11 is 5.92. The predicted molar refractivity (Wildman–Crippen MR) is 101 cm³/mol. The molecule has 0 saturated carbocycles. The van der Waals surface area contributed by atoms with Crippen molar-refractivity contribution in [3.05, 3.63) is 94.5 Å². The molecule has 0 saturated heterocycles. The smallest absolute Gasteiger partial charge is 0.195 e. The van der Waals surface area contributed by atoms with E-state index in [0.717, 1.165) is 12.1 Å². The molecule has 1 atom stereocenters. The highest BCUT2D eigenvalue weighted by Crippen LogP contribution is 2.40. The third-order valence-electron chi connectivity index (χ3n) is 4.40. The number of aliphatic hydroxyl groups excluding tert-OH is 1. The van der Waals surface area contributed by atoms with Crippen molar-refractivity contribution in [2.24, 2.45) is 0 Å². The zero-order chi connectivity index (χ0) is 20.5. The van der Waals surface area contributed by atoms with Gasteiger partial charge in [0.1, 0.15) is 11.8 Å². The maximum Gasteiger partial charge on any atom is 0.195 e. The van der Waals surface area contributed by atoms with E-state index in [9.17, 15) is 18.3 Å². The van der Waals surface area contributed by atoms with Crippen LogP contribution in [-0.2, 0) is 0 Å². The summed E-state index contributed by atoms with van der Waals surface area (Å²) in [7, 11) is 0. The molecule has 4 nitrogen and oxygen atoms in total. The van der Waals surface area contributed by atoms with Crippen LogP contribution in [0.15, 0.2) is 65.4 Å². The Balaban J connectivity index is 1.95. The summed E-state index contributed by atoms with van der Waals surface area (Å²) in [6.45, 7) is 0. The summed E-state index contributed by atoms with van der Waals surface area (Å²) in [5.74, 6) is -4.26. The standard InChI is InChI=1S/C21H12ClF3N2O2/c22-13-5-3-11(4-6-13)21-16(20(28)12-2-1-9-26-10-12)19(27-29-21)14-7-8-15(23)18(25)17(14)24/h1-10,20,28H. The van der Waals surface area contributed by atoms with Gasteiger partial charge in [-0.15, -0.1) is 0 Å². The van der Waals surface area contributed by atoms with Crippen LogP contribution in [-0.4, -0.2) is 15.2 Å². The first-order chi connectivity index (χ1) is 14.0. The highest BCUT2D eigenvalue weighted by Gasteiger charge is 2.29. The molecular weight excluding hydrogens is 405 g/mol. The average molecular weight is 417 g/mol. The molecule has 2 aromatic carbocycles. The Kier molecular flexibility index (Phi) is 5.08. The molecule has 0 aliphatic heterocycles. The zero-order valence-corrected chi connectivity index (χ0v) is 15.4. The summed E-state index contributed by atoms with van der Waals surface area (Å²) in [4.78, 5) is 3.96. The fourth-order valence-corrected chi connectivity index (χ4v) is 3.09. The summed E-state index contributed by atoms with van der Waals surface area (Å²) in [6.07, 6.45) is 1.64. The topological polar surface area (TPSA) is 59.2 Å². The lowest BCUT2D eigenvalue weighted by atomic mass is 9.94. The van der Waals surface area contributed by atoms with E-state index >= 15 is 0 Å². The molecule has 0 fully saturated rings. The maximum atomic E-state index is 14.5. The molecule has 0 amide bonds. The van der Waals surface area contributed by atoms with Gasteiger partial charge in [0.25, 0.3) is 0 Å². The van der Waals surface area contributed by atoms with Gasteiger partial charge in [-0.2, -0.15) is 0 Å². The summed E-state index contributed by atoms with van der Waals surface area (Å²) in [5, 5.41) is 15.3. The first-order valence-corrected chi connectivity index (χ1v) is 8.82. The quantitative estimate of drug-likeness (QED) is 0.443. The van der Waals surface area contributed by atoms with Gasteiger partial charge in [-0.3, -0.25) is 4.98 Å². The Morgan fingerprint density at radius 1 is 0.966 bits per heavy atom. The molecule has 4 rings (SSSR count). The average Bonchev–Trinajstić information content (AvgIpc) is 3.17. The zero-order valence-electron chi connectivity index (χ0n) is 14.6. The van der Waals surface area contributed by atoms with E-state index in [1.165, 1.54) is 12.4 Å². The molecule has 0 aliphatic carbocycles. The van der Waals surface area contributed by atoms with Crippen LogP contribution in [0.1, 0.15) is 17.2 Å². The van der Waals surface area contributed by atoms with Crippen LogP contribution in [0.4, 0.5) is 13.2 Å². The van der Waals surface area contributed by atoms with Crippen molar-refractivity contribution in [2.45, 2.75) is 6.10 Å². The Morgan fingerprint density at radius 2 is 1.72 bits per heavy atom. The van der Waals surface area contributed by atoms with Crippen LogP contribution >= 0.6 is 11.6 Å². The van der Waals surface area contributed by atoms with Crippen LogP contribution in [0, 0.1) is 17.5 Å². The third kappa shape index (κ3) is 3.50. The second kappa shape index (κ2) is 7.69. The Morgan fingerprint density at radius 3 is 2.41 bits per heavy atom. The van der Waals surface area contributed by atoms with Gasteiger partial charge in [-0.1, -0.05) is 22.8 Å². The van der Waals surface area contributed by atoms with Crippen molar-refractivity contribution < 1.29 is 22.8 Å². The molecule has 2 heterocycles. The lowest BCUT2D eigenvalue weighted by molar-refractivity contribution is 0.220.